The fraction of sp³-hybridized carbons (Fsp3) is 0.647. The maximum atomic E-state index is 12.6. The van der Waals surface area contributed by atoms with Crippen LogP contribution in [-0.2, 0) is 19.6 Å². The first-order valence-corrected chi connectivity index (χ1v) is 11.1. The lowest BCUT2D eigenvalue weighted by atomic mass is 9.85. The van der Waals surface area contributed by atoms with Gasteiger partial charge in [0.15, 0.2) is 0 Å². The van der Waals surface area contributed by atoms with Crippen molar-refractivity contribution in [1.82, 2.24) is 9.62 Å². The Morgan fingerprint density at radius 1 is 1.36 bits per heavy atom. The lowest BCUT2D eigenvalue weighted by molar-refractivity contribution is -0.156. The van der Waals surface area contributed by atoms with Gasteiger partial charge in [-0.1, -0.05) is 31.7 Å². The lowest BCUT2D eigenvalue weighted by Gasteiger charge is -2.49. The van der Waals surface area contributed by atoms with E-state index in [2.05, 4.69) is 4.72 Å². The van der Waals surface area contributed by atoms with E-state index in [1.54, 1.807) is 18.4 Å². The smallest absolute Gasteiger partial charge is 0.273 e. The van der Waals surface area contributed by atoms with Crippen LogP contribution in [-0.4, -0.2) is 37.2 Å². The highest BCUT2D eigenvalue weighted by Crippen LogP contribution is 2.34. The molecule has 1 saturated carbocycles. The largest absolute Gasteiger partial charge is 0.328 e. The van der Waals surface area contributed by atoms with Gasteiger partial charge in [0.1, 0.15) is 9.75 Å². The molecule has 2 aliphatic rings. The zero-order chi connectivity index (χ0) is 18.1. The standard InChI is InChI=1S/C17H24N2O4S2/c1-17(16(21)18-25(22,23)15-7-4-12-24-15)10-11-19(17)14(20)9-8-13-5-2-3-6-13/h4,7,12-13H,2-3,5-6,8-11H2,1H3,(H,18,21). The Hall–Kier alpha value is -1.41. The summed E-state index contributed by atoms with van der Waals surface area (Å²) in [5.74, 6) is -0.0600. The van der Waals surface area contributed by atoms with Gasteiger partial charge in [-0.25, -0.2) is 13.1 Å². The highest BCUT2D eigenvalue weighted by atomic mass is 32.2. The van der Waals surface area contributed by atoms with Gasteiger partial charge in [-0.3, -0.25) is 9.59 Å². The van der Waals surface area contributed by atoms with Gasteiger partial charge in [-0.2, -0.15) is 0 Å². The van der Waals surface area contributed by atoms with Crippen LogP contribution in [0.25, 0.3) is 0 Å². The molecule has 8 heteroatoms. The van der Waals surface area contributed by atoms with Crippen LogP contribution in [0.15, 0.2) is 21.7 Å². The van der Waals surface area contributed by atoms with Gasteiger partial charge >= 0.3 is 0 Å². The van der Waals surface area contributed by atoms with Gasteiger partial charge in [-0.15, -0.1) is 11.3 Å². The van der Waals surface area contributed by atoms with Gasteiger partial charge in [0.25, 0.3) is 15.9 Å². The molecule has 1 saturated heterocycles. The van der Waals surface area contributed by atoms with E-state index < -0.39 is 21.5 Å². The van der Waals surface area contributed by atoms with E-state index >= 15 is 0 Å². The van der Waals surface area contributed by atoms with Crippen LogP contribution in [0.4, 0.5) is 0 Å². The van der Waals surface area contributed by atoms with Gasteiger partial charge < -0.3 is 4.90 Å². The third kappa shape index (κ3) is 3.74. The van der Waals surface area contributed by atoms with Crippen LogP contribution in [0.3, 0.4) is 0 Å². The van der Waals surface area contributed by atoms with Crippen LogP contribution in [0.5, 0.6) is 0 Å². The minimum atomic E-state index is -3.87. The molecule has 138 valence electrons. The molecule has 2 fully saturated rings. The van der Waals surface area contributed by atoms with E-state index in [0.29, 0.717) is 25.3 Å². The number of carbonyl (C=O) groups excluding carboxylic acids is 2. The Morgan fingerprint density at radius 2 is 2.08 bits per heavy atom. The second-order valence-electron chi connectivity index (χ2n) is 7.13. The molecule has 0 aromatic carbocycles. The average molecular weight is 385 g/mol. The van der Waals surface area contributed by atoms with Crippen LogP contribution < -0.4 is 4.72 Å². The lowest BCUT2D eigenvalue weighted by Crippen LogP contribution is -2.67. The third-order valence-electron chi connectivity index (χ3n) is 5.44. The number of nitrogens with zero attached hydrogens (tertiary/aromatic N) is 1. The number of carbonyl (C=O) groups is 2. The molecule has 1 aliphatic carbocycles. The van der Waals surface area contributed by atoms with Gasteiger partial charge in [0.2, 0.25) is 5.91 Å². The van der Waals surface area contributed by atoms with Gasteiger partial charge in [0.05, 0.1) is 0 Å². The Balaban J connectivity index is 1.60. The third-order valence-corrected chi connectivity index (χ3v) is 8.16. The fourth-order valence-electron chi connectivity index (χ4n) is 3.66. The number of nitrogens with one attached hydrogen (secondary N) is 1. The van der Waals surface area contributed by atoms with Crippen LogP contribution in [0, 0.1) is 5.92 Å². The summed E-state index contributed by atoms with van der Waals surface area (Å²) in [7, 11) is -3.87. The van der Waals surface area contributed by atoms with E-state index in [1.165, 1.54) is 36.6 Å². The van der Waals surface area contributed by atoms with Gasteiger partial charge in [0, 0.05) is 13.0 Å². The maximum Gasteiger partial charge on any atom is 0.273 e. The van der Waals surface area contributed by atoms with Crippen LogP contribution in [0.2, 0.25) is 0 Å². The molecule has 1 aromatic rings. The van der Waals surface area contributed by atoms with Crippen molar-refractivity contribution in [3.8, 4) is 0 Å². The second-order valence-corrected chi connectivity index (χ2v) is 9.98. The van der Waals surface area contributed by atoms with Crippen molar-refractivity contribution in [2.24, 2.45) is 5.92 Å². The molecule has 6 nitrogen and oxygen atoms in total. The highest BCUT2D eigenvalue weighted by molar-refractivity contribution is 7.92. The number of amides is 2. The van der Waals surface area contributed by atoms with Gasteiger partial charge in [-0.05, 0) is 37.1 Å². The van der Waals surface area contributed by atoms with E-state index in [9.17, 15) is 18.0 Å². The molecule has 2 amide bonds. The zero-order valence-corrected chi connectivity index (χ0v) is 16.0. The summed E-state index contributed by atoms with van der Waals surface area (Å²) in [5, 5.41) is 1.64. The molecule has 0 bridgehead atoms. The highest BCUT2D eigenvalue weighted by Gasteiger charge is 2.50. The van der Waals surface area contributed by atoms with Crippen LogP contribution in [0.1, 0.15) is 51.9 Å². The molecule has 1 atom stereocenters. The van der Waals surface area contributed by atoms with E-state index in [4.69, 9.17) is 0 Å². The monoisotopic (exact) mass is 384 g/mol. The first-order chi connectivity index (χ1) is 11.8. The Bertz CT molecular complexity index is 739. The molecular formula is C17H24N2O4S2. The number of hydrogen-bond acceptors (Lipinski definition) is 5. The number of thiophene rings is 1. The Kier molecular flexibility index (Phi) is 5.20. The number of rotatable bonds is 6. The summed E-state index contributed by atoms with van der Waals surface area (Å²) < 4.78 is 26.7. The maximum absolute atomic E-state index is 12.6. The topological polar surface area (TPSA) is 83.6 Å². The fourth-order valence-corrected chi connectivity index (χ4v) is 5.72. The van der Waals surface area contributed by atoms with Crippen molar-refractivity contribution in [1.29, 1.82) is 0 Å². The van der Waals surface area contributed by atoms with E-state index in [-0.39, 0.29) is 10.1 Å². The predicted octanol–water partition coefficient (Wildman–Crippen LogP) is 2.51. The number of sulfonamides is 1. The zero-order valence-electron chi connectivity index (χ0n) is 14.4. The molecule has 0 radical (unpaired) electrons. The quantitative estimate of drug-likeness (QED) is 0.817. The van der Waals surface area contributed by atoms with Crippen LogP contribution >= 0.6 is 11.3 Å². The summed E-state index contributed by atoms with van der Waals surface area (Å²) >= 11 is 1.05. The van der Waals surface area contributed by atoms with E-state index in [1.807, 2.05) is 0 Å². The molecule has 3 rings (SSSR count). The molecule has 1 unspecified atom stereocenters. The molecule has 2 heterocycles. The van der Waals surface area contributed by atoms with E-state index in [0.717, 1.165) is 17.8 Å². The summed E-state index contributed by atoms with van der Waals surface area (Å²) in [6.07, 6.45) is 6.63. The number of hydrogen-bond donors (Lipinski definition) is 1. The Morgan fingerprint density at radius 3 is 2.64 bits per heavy atom. The molecule has 25 heavy (non-hydrogen) atoms. The number of likely N-dealkylation sites (tertiary alicyclic amines) is 1. The SMILES string of the molecule is CC1(C(=O)NS(=O)(=O)c2cccs2)CCN1C(=O)CCC1CCCC1. The first-order valence-electron chi connectivity index (χ1n) is 8.74. The predicted molar refractivity (Wildman–Crippen MR) is 95.6 cm³/mol. The summed E-state index contributed by atoms with van der Waals surface area (Å²) in [6.45, 7) is 2.15. The minimum absolute atomic E-state index is 0.0516. The summed E-state index contributed by atoms with van der Waals surface area (Å²) in [6, 6.07) is 3.07. The summed E-state index contributed by atoms with van der Waals surface area (Å²) in [5.41, 5.74) is -1.07. The summed E-state index contributed by atoms with van der Waals surface area (Å²) in [4.78, 5) is 26.6. The molecule has 1 N–H and O–H groups in total. The average Bonchev–Trinajstić information content (AvgIpc) is 3.23. The van der Waals surface area contributed by atoms with Crippen molar-refractivity contribution >= 4 is 33.2 Å². The molecule has 1 aliphatic heterocycles. The normalized spacial score (nSPS) is 24.1. The molecular weight excluding hydrogens is 360 g/mol. The Labute approximate surface area is 152 Å². The van der Waals surface area contributed by atoms with Crippen molar-refractivity contribution in [2.75, 3.05) is 6.54 Å². The van der Waals surface area contributed by atoms with Crippen molar-refractivity contribution in [2.45, 2.75) is 61.6 Å². The molecule has 1 aromatic heterocycles. The second kappa shape index (κ2) is 7.07. The van der Waals surface area contributed by atoms with Crippen molar-refractivity contribution < 1.29 is 18.0 Å². The molecule has 0 spiro atoms. The van der Waals surface area contributed by atoms with Crippen molar-refractivity contribution in [3.05, 3.63) is 17.5 Å². The first kappa shape index (κ1) is 18.4. The van der Waals surface area contributed by atoms with Crippen molar-refractivity contribution in [3.63, 3.8) is 0 Å². The minimum Gasteiger partial charge on any atom is -0.328 e.